The molecule has 18 heavy (non-hydrogen) atoms. The zero-order valence-corrected chi connectivity index (χ0v) is 10.7. The fourth-order valence-corrected chi connectivity index (χ4v) is 2.83. The summed E-state index contributed by atoms with van der Waals surface area (Å²) in [7, 11) is 3.77. The van der Waals surface area contributed by atoms with E-state index in [1.165, 1.54) is 0 Å². The van der Waals surface area contributed by atoms with E-state index in [0.717, 1.165) is 18.8 Å². The van der Waals surface area contributed by atoms with Gasteiger partial charge in [0.25, 0.3) is 5.91 Å². The van der Waals surface area contributed by atoms with E-state index in [-0.39, 0.29) is 5.91 Å². The molecule has 1 aromatic rings. The minimum atomic E-state index is -0.128. The van der Waals surface area contributed by atoms with Crippen molar-refractivity contribution < 1.29 is 4.79 Å². The van der Waals surface area contributed by atoms with E-state index in [9.17, 15) is 4.79 Å². The van der Waals surface area contributed by atoms with Gasteiger partial charge < -0.3 is 16.0 Å². The average Bonchev–Trinajstić information content (AvgIpc) is 2.36. The Morgan fingerprint density at radius 2 is 2.17 bits per heavy atom. The summed E-state index contributed by atoms with van der Waals surface area (Å²) in [5.74, 6) is -0.128. The van der Waals surface area contributed by atoms with Crippen molar-refractivity contribution in [1.29, 1.82) is 0 Å². The maximum Gasteiger partial charge on any atom is 0.253 e. The molecule has 0 saturated carbocycles. The number of fused-ring (bicyclic) bond motifs is 1. The number of likely N-dealkylation sites (tertiary alicyclic amines) is 1. The number of benzene rings is 1. The van der Waals surface area contributed by atoms with Gasteiger partial charge in [-0.05, 0) is 25.2 Å². The van der Waals surface area contributed by atoms with Crippen LogP contribution in [0.25, 0.3) is 0 Å². The molecule has 2 saturated heterocycles. The Morgan fingerprint density at radius 1 is 1.39 bits per heavy atom. The molecular formula is C13H18N4O. The summed E-state index contributed by atoms with van der Waals surface area (Å²) in [4.78, 5) is 16.4. The molecule has 1 aromatic carbocycles. The van der Waals surface area contributed by atoms with Gasteiger partial charge in [0.05, 0.1) is 11.6 Å². The van der Waals surface area contributed by atoms with Crippen LogP contribution in [0.1, 0.15) is 10.4 Å². The van der Waals surface area contributed by atoms with Gasteiger partial charge in [0.1, 0.15) is 0 Å². The van der Waals surface area contributed by atoms with Crippen LogP contribution in [0.15, 0.2) is 18.2 Å². The predicted molar refractivity (Wildman–Crippen MR) is 71.8 cm³/mol. The summed E-state index contributed by atoms with van der Waals surface area (Å²) in [5, 5.41) is 2.62. The van der Waals surface area contributed by atoms with E-state index >= 15 is 0 Å². The molecule has 0 aromatic heterocycles. The Hall–Kier alpha value is -1.75. The molecule has 5 heteroatoms. The minimum Gasteiger partial charge on any atom is -0.398 e. The van der Waals surface area contributed by atoms with Crippen molar-refractivity contribution in [3.05, 3.63) is 23.8 Å². The molecule has 0 aliphatic carbocycles. The normalized spacial score (nSPS) is 26.0. The number of nitrogen functional groups attached to an aromatic ring is 1. The Balaban J connectivity index is 1.84. The fourth-order valence-electron chi connectivity index (χ4n) is 2.83. The number of piperazine rings is 1. The van der Waals surface area contributed by atoms with Crippen LogP contribution >= 0.6 is 0 Å². The maximum atomic E-state index is 11.7. The molecule has 2 heterocycles. The highest BCUT2D eigenvalue weighted by Gasteiger charge is 2.49. The third-order valence-electron chi connectivity index (χ3n) is 4.11. The first kappa shape index (κ1) is 11.3. The summed E-state index contributed by atoms with van der Waals surface area (Å²) in [6, 6.07) is 7.00. The third kappa shape index (κ3) is 1.47. The van der Waals surface area contributed by atoms with Crippen molar-refractivity contribution in [2.75, 3.05) is 37.8 Å². The van der Waals surface area contributed by atoms with Crippen molar-refractivity contribution in [2.24, 2.45) is 0 Å². The van der Waals surface area contributed by atoms with Gasteiger partial charge in [-0.2, -0.15) is 0 Å². The van der Waals surface area contributed by atoms with E-state index in [1.54, 1.807) is 7.05 Å². The molecule has 2 unspecified atom stereocenters. The largest absolute Gasteiger partial charge is 0.398 e. The van der Waals surface area contributed by atoms with Crippen LogP contribution in [0.3, 0.4) is 0 Å². The minimum absolute atomic E-state index is 0.128. The van der Waals surface area contributed by atoms with Crippen molar-refractivity contribution in [1.82, 2.24) is 10.2 Å². The lowest BCUT2D eigenvalue weighted by Crippen LogP contribution is -2.78. The monoisotopic (exact) mass is 246 g/mol. The predicted octanol–water partition coefficient (Wildman–Crippen LogP) is 0.131. The molecule has 3 N–H and O–H groups in total. The lowest BCUT2D eigenvalue weighted by Gasteiger charge is -2.62. The van der Waals surface area contributed by atoms with E-state index in [2.05, 4.69) is 22.2 Å². The van der Waals surface area contributed by atoms with E-state index in [0.29, 0.717) is 23.3 Å². The van der Waals surface area contributed by atoms with Crippen LogP contribution in [0.2, 0.25) is 0 Å². The van der Waals surface area contributed by atoms with Crippen molar-refractivity contribution in [3.8, 4) is 0 Å². The summed E-state index contributed by atoms with van der Waals surface area (Å²) in [6.07, 6.45) is 0. The fraction of sp³-hybridized carbons (Fsp3) is 0.462. The van der Waals surface area contributed by atoms with Crippen molar-refractivity contribution in [2.45, 2.75) is 12.1 Å². The number of nitrogens with one attached hydrogen (secondary N) is 1. The second-order valence-corrected chi connectivity index (χ2v) is 5.08. The lowest BCUT2D eigenvalue weighted by atomic mass is 9.85. The van der Waals surface area contributed by atoms with Gasteiger partial charge in [0.15, 0.2) is 0 Å². The van der Waals surface area contributed by atoms with Crippen LogP contribution in [-0.4, -0.2) is 50.1 Å². The summed E-state index contributed by atoms with van der Waals surface area (Å²) >= 11 is 0. The number of rotatable bonds is 2. The van der Waals surface area contributed by atoms with Gasteiger partial charge in [-0.25, -0.2) is 0 Å². The highest BCUT2D eigenvalue weighted by atomic mass is 16.1. The topological polar surface area (TPSA) is 61.6 Å². The highest BCUT2D eigenvalue weighted by Crippen LogP contribution is 2.37. The molecule has 2 aliphatic rings. The smallest absolute Gasteiger partial charge is 0.253 e. The van der Waals surface area contributed by atoms with Gasteiger partial charge in [-0.3, -0.25) is 9.69 Å². The first-order valence-electron chi connectivity index (χ1n) is 6.20. The summed E-state index contributed by atoms with van der Waals surface area (Å²) in [5.41, 5.74) is 8.02. The Morgan fingerprint density at radius 3 is 2.72 bits per heavy atom. The van der Waals surface area contributed by atoms with Crippen LogP contribution in [0.4, 0.5) is 11.4 Å². The number of hydrogen-bond donors (Lipinski definition) is 2. The second kappa shape index (κ2) is 3.88. The SMILES string of the molecule is CNC(=O)c1cc(N2CC3C2CN3C)ccc1N. The number of amides is 1. The average molecular weight is 246 g/mol. The van der Waals surface area contributed by atoms with Crippen LogP contribution in [-0.2, 0) is 0 Å². The van der Waals surface area contributed by atoms with Crippen molar-refractivity contribution in [3.63, 3.8) is 0 Å². The quantitative estimate of drug-likeness (QED) is 0.728. The molecular weight excluding hydrogens is 228 g/mol. The number of likely N-dealkylation sites (N-methyl/N-ethyl adjacent to an activating group) is 1. The number of hydrogen-bond acceptors (Lipinski definition) is 4. The molecule has 0 bridgehead atoms. The number of carbonyl (C=O) groups is 1. The standard InChI is InChI=1S/C13H18N4O/c1-15-13(18)9-5-8(3-4-10(9)14)17-7-11-12(17)6-16(11)2/h3-5,11-12H,6-7,14H2,1-2H3,(H,15,18). The Bertz CT molecular complexity index is 502. The molecule has 3 rings (SSSR count). The molecule has 0 spiro atoms. The van der Waals surface area contributed by atoms with Crippen molar-refractivity contribution >= 4 is 17.3 Å². The van der Waals surface area contributed by atoms with Crippen LogP contribution in [0, 0.1) is 0 Å². The highest BCUT2D eigenvalue weighted by molar-refractivity contribution is 6.00. The van der Waals surface area contributed by atoms with Gasteiger partial charge in [0, 0.05) is 37.6 Å². The van der Waals surface area contributed by atoms with Gasteiger partial charge >= 0.3 is 0 Å². The van der Waals surface area contributed by atoms with E-state index < -0.39 is 0 Å². The first-order chi connectivity index (χ1) is 8.61. The molecule has 2 atom stereocenters. The zero-order chi connectivity index (χ0) is 12.9. The van der Waals surface area contributed by atoms with Gasteiger partial charge in [0.2, 0.25) is 0 Å². The summed E-state index contributed by atoms with van der Waals surface area (Å²) < 4.78 is 0. The molecule has 0 radical (unpaired) electrons. The molecule has 5 nitrogen and oxygen atoms in total. The molecule has 2 fully saturated rings. The summed E-state index contributed by atoms with van der Waals surface area (Å²) in [6.45, 7) is 2.14. The molecule has 1 amide bonds. The molecule has 2 aliphatic heterocycles. The molecule has 96 valence electrons. The van der Waals surface area contributed by atoms with Gasteiger partial charge in [-0.15, -0.1) is 0 Å². The van der Waals surface area contributed by atoms with Crippen LogP contribution in [0.5, 0.6) is 0 Å². The second-order valence-electron chi connectivity index (χ2n) is 5.08. The number of anilines is 2. The van der Waals surface area contributed by atoms with Gasteiger partial charge in [-0.1, -0.05) is 0 Å². The number of nitrogens with zero attached hydrogens (tertiary/aromatic N) is 2. The zero-order valence-electron chi connectivity index (χ0n) is 10.7. The maximum absolute atomic E-state index is 11.7. The first-order valence-corrected chi connectivity index (χ1v) is 6.20. The lowest BCUT2D eigenvalue weighted by molar-refractivity contribution is 0.0369. The Labute approximate surface area is 107 Å². The van der Waals surface area contributed by atoms with Crippen LogP contribution < -0.4 is 16.0 Å². The third-order valence-corrected chi connectivity index (χ3v) is 4.11. The number of carbonyl (C=O) groups excluding carboxylic acids is 1. The Kier molecular flexibility index (Phi) is 2.45. The number of nitrogens with two attached hydrogens (primary N) is 1. The van der Waals surface area contributed by atoms with E-state index in [4.69, 9.17) is 5.73 Å². The van der Waals surface area contributed by atoms with E-state index in [1.807, 2.05) is 18.2 Å².